The van der Waals surface area contributed by atoms with Crippen LogP contribution in [0.25, 0.3) is 0 Å². The maximum atomic E-state index is 12.5. The minimum atomic E-state index is -0.550. The Morgan fingerprint density at radius 2 is 1.87 bits per heavy atom. The zero-order valence-corrected chi connectivity index (χ0v) is 14.0. The average molecular weight is 368 g/mol. The molecule has 1 fully saturated rings. The lowest BCUT2D eigenvalue weighted by atomic mass is 10.2. The van der Waals surface area contributed by atoms with Gasteiger partial charge in [-0.2, -0.15) is 0 Å². The van der Waals surface area contributed by atoms with Gasteiger partial charge in [-0.3, -0.25) is 9.78 Å². The molecule has 23 heavy (non-hydrogen) atoms. The number of carbonyl (C=O) groups excluding carboxylic acids is 2. The minimum absolute atomic E-state index is 0.190. The Labute approximate surface area is 147 Å². The van der Waals surface area contributed by atoms with E-state index < -0.39 is 11.4 Å². The highest BCUT2D eigenvalue weighted by Crippen LogP contribution is 2.44. The largest absolute Gasteiger partial charge is 0.329 e. The van der Waals surface area contributed by atoms with Gasteiger partial charge in [-0.15, -0.1) is 11.8 Å². The number of anilines is 1. The smallest absolute Gasteiger partial charge is 0.307 e. The van der Waals surface area contributed by atoms with Crippen LogP contribution in [-0.4, -0.2) is 27.6 Å². The summed E-state index contributed by atoms with van der Waals surface area (Å²) in [5.74, 6) is -0.0989. The number of hydrogen-bond donors (Lipinski definition) is 1. The van der Waals surface area contributed by atoms with Gasteiger partial charge < -0.3 is 5.32 Å². The molecule has 1 aromatic carbocycles. The molecule has 1 saturated heterocycles. The van der Waals surface area contributed by atoms with Gasteiger partial charge in [0.15, 0.2) is 0 Å². The molecule has 8 heteroatoms. The van der Waals surface area contributed by atoms with E-state index in [1.165, 1.54) is 11.8 Å². The van der Waals surface area contributed by atoms with Gasteiger partial charge in [0.1, 0.15) is 5.37 Å². The molecule has 2 aromatic rings. The van der Waals surface area contributed by atoms with Crippen LogP contribution in [0.2, 0.25) is 10.0 Å². The van der Waals surface area contributed by atoms with Crippen molar-refractivity contribution < 1.29 is 9.59 Å². The van der Waals surface area contributed by atoms with Crippen molar-refractivity contribution in [2.24, 2.45) is 0 Å². The van der Waals surface area contributed by atoms with E-state index in [2.05, 4.69) is 10.3 Å². The number of nitrogens with zero attached hydrogens (tertiary/aromatic N) is 2. The predicted octanol–water partition coefficient (Wildman–Crippen LogP) is 4.19. The van der Waals surface area contributed by atoms with Gasteiger partial charge in [0.05, 0.1) is 5.75 Å². The summed E-state index contributed by atoms with van der Waals surface area (Å²) in [7, 11) is 0. The Bertz CT molecular complexity index is 737. The standard InChI is InChI=1S/C15H11Cl2N3O2S/c16-10-2-1-3-11(17)13(10)14-20(12(21)8-23-14)15(22)19-9-4-6-18-7-5-9/h1-7,14H,8H2,(H,18,19,22). The fraction of sp³-hybridized carbons (Fsp3) is 0.133. The summed E-state index contributed by atoms with van der Waals surface area (Å²) in [6.07, 6.45) is 3.11. The monoisotopic (exact) mass is 367 g/mol. The first-order valence-electron chi connectivity index (χ1n) is 6.66. The van der Waals surface area contributed by atoms with E-state index in [1.807, 2.05) is 0 Å². The first-order valence-corrected chi connectivity index (χ1v) is 8.47. The Morgan fingerprint density at radius 3 is 2.52 bits per heavy atom. The summed E-state index contributed by atoms with van der Waals surface area (Å²) >= 11 is 13.7. The number of aromatic nitrogens is 1. The number of amides is 3. The number of imide groups is 1. The molecule has 1 aromatic heterocycles. The fourth-order valence-corrected chi connectivity index (χ4v) is 4.18. The van der Waals surface area contributed by atoms with Crippen LogP contribution in [0, 0.1) is 0 Å². The molecule has 2 heterocycles. The molecular formula is C15H11Cl2N3O2S. The summed E-state index contributed by atoms with van der Waals surface area (Å²) in [6.45, 7) is 0. The Morgan fingerprint density at radius 1 is 1.22 bits per heavy atom. The molecule has 5 nitrogen and oxygen atoms in total. The van der Waals surface area contributed by atoms with Crippen LogP contribution < -0.4 is 5.32 Å². The van der Waals surface area contributed by atoms with Crippen molar-refractivity contribution in [3.05, 3.63) is 58.3 Å². The number of urea groups is 1. The normalized spacial score (nSPS) is 17.4. The topological polar surface area (TPSA) is 62.3 Å². The molecule has 1 aliphatic rings. The van der Waals surface area contributed by atoms with E-state index in [1.54, 1.807) is 42.7 Å². The van der Waals surface area contributed by atoms with Crippen LogP contribution in [0.3, 0.4) is 0 Å². The van der Waals surface area contributed by atoms with E-state index in [0.29, 0.717) is 21.3 Å². The van der Waals surface area contributed by atoms with Crippen molar-refractivity contribution in [3.63, 3.8) is 0 Å². The molecule has 1 N–H and O–H groups in total. The van der Waals surface area contributed by atoms with Crippen molar-refractivity contribution in [2.45, 2.75) is 5.37 Å². The van der Waals surface area contributed by atoms with Crippen molar-refractivity contribution in [1.82, 2.24) is 9.88 Å². The number of nitrogens with one attached hydrogen (secondary N) is 1. The van der Waals surface area contributed by atoms with Crippen molar-refractivity contribution in [2.75, 3.05) is 11.1 Å². The number of carbonyl (C=O) groups is 2. The second-order valence-electron chi connectivity index (χ2n) is 4.73. The second-order valence-corrected chi connectivity index (χ2v) is 6.61. The van der Waals surface area contributed by atoms with Crippen molar-refractivity contribution in [1.29, 1.82) is 0 Å². The van der Waals surface area contributed by atoms with E-state index in [9.17, 15) is 9.59 Å². The van der Waals surface area contributed by atoms with Crippen LogP contribution >= 0.6 is 35.0 Å². The number of thioether (sulfide) groups is 1. The van der Waals surface area contributed by atoms with Crippen molar-refractivity contribution >= 4 is 52.6 Å². The zero-order valence-electron chi connectivity index (χ0n) is 11.7. The van der Waals surface area contributed by atoms with Crippen molar-refractivity contribution in [3.8, 4) is 0 Å². The van der Waals surface area contributed by atoms with Crippen LogP contribution in [0.1, 0.15) is 10.9 Å². The Kier molecular flexibility index (Phi) is 4.75. The SMILES string of the molecule is O=C1CSC(c2c(Cl)cccc2Cl)N1C(=O)Nc1ccncc1. The highest BCUT2D eigenvalue weighted by Gasteiger charge is 2.39. The molecule has 1 atom stereocenters. The molecule has 0 aliphatic carbocycles. The number of halogens is 2. The average Bonchev–Trinajstić information content (AvgIpc) is 2.90. The van der Waals surface area contributed by atoms with Gasteiger partial charge in [-0.1, -0.05) is 29.3 Å². The lowest BCUT2D eigenvalue weighted by Crippen LogP contribution is -2.38. The fourth-order valence-electron chi connectivity index (χ4n) is 2.22. The van der Waals surface area contributed by atoms with Crippen LogP contribution in [0.5, 0.6) is 0 Å². The van der Waals surface area contributed by atoms with Gasteiger partial charge in [-0.05, 0) is 24.3 Å². The van der Waals surface area contributed by atoms with E-state index in [4.69, 9.17) is 23.2 Å². The Balaban J connectivity index is 1.90. The lowest BCUT2D eigenvalue weighted by Gasteiger charge is -2.24. The number of pyridine rings is 1. The predicted molar refractivity (Wildman–Crippen MR) is 91.8 cm³/mol. The van der Waals surface area contributed by atoms with Crippen LogP contribution in [-0.2, 0) is 4.79 Å². The summed E-state index contributed by atoms with van der Waals surface area (Å²) in [5.41, 5.74) is 1.12. The molecule has 0 spiro atoms. The highest BCUT2D eigenvalue weighted by atomic mass is 35.5. The van der Waals surface area contributed by atoms with Gasteiger partial charge in [-0.25, -0.2) is 9.69 Å². The molecule has 0 saturated carbocycles. The molecule has 118 valence electrons. The Hall–Kier alpha value is -1.76. The summed E-state index contributed by atoms with van der Waals surface area (Å²) < 4.78 is 0. The quantitative estimate of drug-likeness (QED) is 0.863. The van der Waals surface area contributed by atoms with E-state index >= 15 is 0 Å². The third-order valence-electron chi connectivity index (χ3n) is 3.26. The first-order chi connectivity index (χ1) is 11.1. The van der Waals surface area contributed by atoms with E-state index in [-0.39, 0.29) is 11.7 Å². The third-order valence-corrected chi connectivity index (χ3v) is 5.10. The van der Waals surface area contributed by atoms with Gasteiger partial charge in [0, 0.05) is 33.7 Å². The van der Waals surface area contributed by atoms with Gasteiger partial charge in [0.2, 0.25) is 5.91 Å². The van der Waals surface area contributed by atoms with Crippen LogP contribution in [0.4, 0.5) is 10.5 Å². The maximum Gasteiger partial charge on any atom is 0.329 e. The summed E-state index contributed by atoms with van der Waals surface area (Å²) in [4.78, 5) is 29.7. The number of rotatable bonds is 2. The summed E-state index contributed by atoms with van der Waals surface area (Å²) in [6, 6.07) is 7.85. The van der Waals surface area contributed by atoms with Gasteiger partial charge in [0.25, 0.3) is 0 Å². The molecule has 0 radical (unpaired) electrons. The zero-order chi connectivity index (χ0) is 16.4. The summed E-state index contributed by atoms with van der Waals surface area (Å²) in [5, 5.41) is 2.97. The highest BCUT2D eigenvalue weighted by molar-refractivity contribution is 8.00. The minimum Gasteiger partial charge on any atom is -0.307 e. The molecule has 1 unspecified atom stereocenters. The van der Waals surface area contributed by atoms with Crippen LogP contribution in [0.15, 0.2) is 42.7 Å². The first kappa shape index (κ1) is 16.1. The number of hydrogen-bond acceptors (Lipinski definition) is 4. The molecular weight excluding hydrogens is 357 g/mol. The van der Waals surface area contributed by atoms with Gasteiger partial charge >= 0.3 is 6.03 Å². The maximum absolute atomic E-state index is 12.5. The second kappa shape index (κ2) is 6.78. The molecule has 3 rings (SSSR count). The lowest BCUT2D eigenvalue weighted by molar-refractivity contribution is -0.124. The number of benzene rings is 1. The third kappa shape index (κ3) is 3.29. The molecule has 1 aliphatic heterocycles. The molecule has 3 amide bonds. The van der Waals surface area contributed by atoms with E-state index in [0.717, 1.165) is 4.90 Å². The molecule has 0 bridgehead atoms.